The molecule has 0 heterocycles. The third kappa shape index (κ3) is 4.73. The van der Waals surface area contributed by atoms with E-state index in [1.54, 1.807) is 51.1 Å². The first-order chi connectivity index (χ1) is 9.73. The van der Waals surface area contributed by atoms with Crippen LogP contribution in [-0.4, -0.2) is 5.78 Å². The second kappa shape index (κ2) is 8.52. The minimum atomic E-state index is -5.02. The zero-order valence-corrected chi connectivity index (χ0v) is 14.9. The van der Waals surface area contributed by atoms with Gasteiger partial charge < -0.3 is 14.4 Å². The summed E-state index contributed by atoms with van der Waals surface area (Å²) in [7, 11) is -5.02. The number of aryl methyl sites for hydroxylation is 1. The molecule has 0 fully saturated rings. The van der Waals surface area contributed by atoms with E-state index in [0.717, 1.165) is 5.56 Å². The predicted molar refractivity (Wildman–Crippen MR) is 77.8 cm³/mol. The van der Waals surface area contributed by atoms with Crippen molar-refractivity contribution in [3.8, 4) is 0 Å². The first-order valence-electron chi connectivity index (χ1n) is 6.46. The number of ketones is 1. The fourth-order valence-electron chi connectivity index (χ4n) is 2.30. The van der Waals surface area contributed by atoms with E-state index < -0.39 is 18.7 Å². The molecular formula is C16H15Li2O4P. The topological polar surface area (TPSA) is 80.3 Å². The molecule has 0 aliphatic carbocycles. The number of rotatable bonds is 3. The maximum Gasteiger partial charge on any atom is 1.00 e. The van der Waals surface area contributed by atoms with Crippen molar-refractivity contribution in [1.82, 2.24) is 0 Å². The summed E-state index contributed by atoms with van der Waals surface area (Å²) in [6.07, 6.45) is 0. The van der Waals surface area contributed by atoms with E-state index in [1.165, 1.54) is 6.07 Å². The van der Waals surface area contributed by atoms with Gasteiger partial charge in [-0.3, -0.25) is 4.79 Å². The molecule has 0 N–H and O–H groups in total. The van der Waals surface area contributed by atoms with Gasteiger partial charge >= 0.3 is 37.7 Å². The third-order valence-electron chi connectivity index (χ3n) is 3.70. The van der Waals surface area contributed by atoms with Crippen molar-refractivity contribution in [2.75, 3.05) is 0 Å². The molecule has 7 heteroatoms. The number of benzene rings is 2. The van der Waals surface area contributed by atoms with E-state index in [-0.39, 0.29) is 43.3 Å². The van der Waals surface area contributed by atoms with Gasteiger partial charge in [-0.15, -0.1) is 0 Å². The Hall–Kier alpha value is -0.545. The molecule has 0 aromatic heterocycles. The molecule has 0 saturated heterocycles. The molecule has 2 aromatic carbocycles. The summed E-state index contributed by atoms with van der Waals surface area (Å²) in [5, 5.41) is -0.419. The van der Waals surface area contributed by atoms with Crippen molar-refractivity contribution < 1.29 is 56.9 Å². The minimum absolute atomic E-state index is 0. The van der Waals surface area contributed by atoms with Crippen LogP contribution in [0.15, 0.2) is 36.4 Å². The van der Waals surface area contributed by atoms with Gasteiger partial charge in [0, 0.05) is 11.1 Å². The Morgan fingerprint density at radius 3 is 1.96 bits per heavy atom. The fourth-order valence-corrected chi connectivity index (χ4v) is 3.19. The van der Waals surface area contributed by atoms with Crippen LogP contribution in [-0.2, 0) is 4.57 Å². The molecular weight excluding hydrogens is 301 g/mol. The standard InChI is InChI=1S/C16H17O4P.2Li/c1-10-9-14(21(18,19)20)15(12(3)11(10)2)16(17)13-7-5-4-6-8-13;;/h4-9H,1-3H3,(H2,18,19,20);;/q;2*+1/p-2. The molecule has 2 aromatic rings. The van der Waals surface area contributed by atoms with Gasteiger partial charge in [-0.05, 0) is 56.4 Å². The molecule has 4 nitrogen and oxygen atoms in total. The van der Waals surface area contributed by atoms with Crippen molar-refractivity contribution in [3.63, 3.8) is 0 Å². The van der Waals surface area contributed by atoms with Crippen molar-refractivity contribution in [3.05, 3.63) is 64.2 Å². The van der Waals surface area contributed by atoms with Gasteiger partial charge in [0.2, 0.25) is 0 Å². The van der Waals surface area contributed by atoms with E-state index in [4.69, 9.17) is 0 Å². The Labute approximate surface area is 160 Å². The second-order valence-corrected chi connectivity index (χ2v) is 6.51. The summed E-state index contributed by atoms with van der Waals surface area (Å²) >= 11 is 0. The smallest absolute Gasteiger partial charge is 0.807 e. The molecule has 0 aliphatic heterocycles. The summed E-state index contributed by atoms with van der Waals surface area (Å²) in [4.78, 5) is 35.6. The van der Waals surface area contributed by atoms with Gasteiger partial charge in [-0.1, -0.05) is 30.3 Å². The minimum Gasteiger partial charge on any atom is -0.807 e. The molecule has 0 spiro atoms. The van der Waals surface area contributed by atoms with Gasteiger partial charge in [-0.25, -0.2) is 0 Å². The van der Waals surface area contributed by atoms with Gasteiger partial charge in [0.15, 0.2) is 5.78 Å². The molecule has 0 saturated carbocycles. The number of hydrogen-bond donors (Lipinski definition) is 0. The quantitative estimate of drug-likeness (QED) is 0.324. The van der Waals surface area contributed by atoms with Crippen molar-refractivity contribution in [2.24, 2.45) is 0 Å². The molecule has 0 aliphatic rings. The Balaban J connectivity index is 0.00000242. The Morgan fingerprint density at radius 2 is 1.48 bits per heavy atom. The van der Waals surface area contributed by atoms with Crippen LogP contribution >= 0.6 is 7.60 Å². The van der Waals surface area contributed by atoms with E-state index >= 15 is 0 Å². The van der Waals surface area contributed by atoms with E-state index in [1.807, 2.05) is 0 Å². The largest absolute Gasteiger partial charge is 1.00 e. The van der Waals surface area contributed by atoms with Crippen LogP contribution in [0.1, 0.15) is 32.6 Å². The SMILES string of the molecule is Cc1cc(P(=O)([O-])[O-])c(C(=O)c2ccccc2)c(C)c1C.[Li+].[Li+]. The van der Waals surface area contributed by atoms with Gasteiger partial charge in [0.1, 0.15) is 0 Å². The number of carbonyl (C=O) groups is 1. The Bertz CT molecular complexity index is 754. The first-order valence-corrected chi connectivity index (χ1v) is 8.01. The normalized spacial score (nSPS) is 10.5. The summed E-state index contributed by atoms with van der Waals surface area (Å²) < 4.78 is 11.5. The molecule has 0 radical (unpaired) electrons. The summed E-state index contributed by atoms with van der Waals surface area (Å²) in [6, 6.07) is 9.63. The zero-order chi connectivity index (χ0) is 15.8. The van der Waals surface area contributed by atoms with Crippen LogP contribution in [0.3, 0.4) is 0 Å². The second-order valence-electron chi connectivity index (χ2n) is 5.03. The molecule has 0 unspecified atom stereocenters. The molecule has 23 heavy (non-hydrogen) atoms. The van der Waals surface area contributed by atoms with Gasteiger partial charge in [0.25, 0.3) is 0 Å². The fraction of sp³-hybridized carbons (Fsp3) is 0.188. The van der Waals surface area contributed by atoms with Crippen LogP contribution in [0.25, 0.3) is 0 Å². The van der Waals surface area contributed by atoms with Crippen molar-refractivity contribution in [2.45, 2.75) is 20.8 Å². The molecule has 2 rings (SSSR count). The van der Waals surface area contributed by atoms with Crippen molar-refractivity contribution in [1.29, 1.82) is 0 Å². The van der Waals surface area contributed by atoms with Crippen LogP contribution in [0, 0.1) is 20.8 Å². The maximum atomic E-state index is 12.6. The average Bonchev–Trinajstić information content (AvgIpc) is 2.43. The van der Waals surface area contributed by atoms with Crippen LogP contribution in [0.5, 0.6) is 0 Å². The molecule has 110 valence electrons. The monoisotopic (exact) mass is 316 g/mol. The summed E-state index contributed by atoms with van der Waals surface area (Å²) in [5.74, 6) is -0.446. The zero-order valence-electron chi connectivity index (χ0n) is 14.0. The van der Waals surface area contributed by atoms with Crippen LogP contribution in [0.4, 0.5) is 0 Å². The molecule has 0 atom stereocenters. The van der Waals surface area contributed by atoms with E-state index in [0.29, 0.717) is 16.7 Å². The molecule has 0 bridgehead atoms. The number of hydrogen-bond acceptors (Lipinski definition) is 4. The first kappa shape index (κ1) is 22.5. The van der Waals surface area contributed by atoms with Crippen LogP contribution in [0.2, 0.25) is 0 Å². The van der Waals surface area contributed by atoms with E-state index in [2.05, 4.69) is 0 Å². The number of carbonyl (C=O) groups excluding carboxylic acids is 1. The van der Waals surface area contributed by atoms with Crippen molar-refractivity contribution >= 4 is 18.7 Å². The predicted octanol–water partition coefficient (Wildman–Crippen LogP) is -4.61. The van der Waals surface area contributed by atoms with Gasteiger partial charge in [0.05, 0.1) is 0 Å². The third-order valence-corrected chi connectivity index (χ3v) is 4.64. The maximum absolute atomic E-state index is 12.6. The average molecular weight is 316 g/mol. The Kier molecular flexibility index (Phi) is 8.32. The van der Waals surface area contributed by atoms with Crippen LogP contribution < -0.4 is 52.8 Å². The Morgan fingerprint density at radius 1 is 0.957 bits per heavy atom. The summed E-state index contributed by atoms with van der Waals surface area (Å²) in [5.41, 5.74) is 2.37. The molecule has 0 amide bonds. The summed E-state index contributed by atoms with van der Waals surface area (Å²) in [6.45, 7) is 5.19. The van der Waals surface area contributed by atoms with Gasteiger partial charge in [-0.2, -0.15) is 0 Å². The van der Waals surface area contributed by atoms with E-state index in [9.17, 15) is 19.1 Å².